The minimum Gasteiger partial charge on any atom is -0.481 e. The molecule has 0 saturated carbocycles. The molecule has 14 nitrogen and oxygen atoms in total. The Morgan fingerprint density at radius 1 is 0.739 bits per heavy atom. The van der Waals surface area contributed by atoms with E-state index in [4.69, 9.17) is 28.8 Å². The van der Waals surface area contributed by atoms with E-state index in [0.717, 1.165) is 77.6 Å². The molecule has 0 spiro atoms. The van der Waals surface area contributed by atoms with Crippen LogP contribution in [0.5, 0.6) is 0 Å². The second-order valence-electron chi connectivity index (χ2n) is 12.2. The molecule has 2 aliphatic heterocycles. The van der Waals surface area contributed by atoms with Crippen molar-refractivity contribution >= 4 is 11.9 Å². The average molecular weight is 665 g/mol. The minimum absolute atomic E-state index is 0.250. The van der Waals surface area contributed by atoms with Crippen molar-refractivity contribution in [1.82, 2.24) is 0 Å². The van der Waals surface area contributed by atoms with E-state index in [2.05, 4.69) is 12.2 Å². The van der Waals surface area contributed by atoms with E-state index >= 15 is 0 Å². The van der Waals surface area contributed by atoms with Crippen molar-refractivity contribution in [3.05, 3.63) is 12.2 Å². The summed E-state index contributed by atoms with van der Waals surface area (Å²) in [6, 6.07) is 0. The summed E-state index contributed by atoms with van der Waals surface area (Å²) >= 11 is 0. The van der Waals surface area contributed by atoms with Gasteiger partial charge in [-0.25, -0.2) is 0 Å². The maximum Gasteiger partial charge on any atom is 0.303 e. The Kier molecular flexibility index (Phi) is 19.4. The number of carbonyl (C=O) groups excluding carboxylic acids is 1. The van der Waals surface area contributed by atoms with Crippen LogP contribution in [-0.2, 0) is 33.3 Å². The molecular weight excluding hydrogens is 608 g/mol. The molecule has 0 aromatic rings. The van der Waals surface area contributed by atoms with Crippen molar-refractivity contribution in [2.75, 3.05) is 13.2 Å². The van der Waals surface area contributed by atoms with Crippen LogP contribution in [-0.4, -0.2) is 128 Å². The Morgan fingerprint density at radius 2 is 1.30 bits per heavy atom. The predicted octanol–water partition coefficient (Wildman–Crippen LogP) is 1.30. The summed E-state index contributed by atoms with van der Waals surface area (Å²) in [6.45, 7) is 1.96. The van der Waals surface area contributed by atoms with Gasteiger partial charge >= 0.3 is 11.9 Å². The first-order chi connectivity index (χ1) is 22.0. The van der Waals surface area contributed by atoms with Crippen molar-refractivity contribution in [2.45, 2.75) is 165 Å². The Morgan fingerprint density at radius 3 is 1.91 bits per heavy atom. The van der Waals surface area contributed by atoms with E-state index < -0.39 is 86.6 Å². The third kappa shape index (κ3) is 14.2. The van der Waals surface area contributed by atoms with Crippen molar-refractivity contribution < 1.29 is 69.0 Å². The van der Waals surface area contributed by atoms with Gasteiger partial charge in [-0.2, -0.15) is 0 Å². The molecular formula is C32H56O14. The summed E-state index contributed by atoms with van der Waals surface area (Å²) < 4.78 is 27.9. The van der Waals surface area contributed by atoms with E-state index in [1.165, 1.54) is 0 Å². The first-order valence-electron chi connectivity index (χ1n) is 16.6. The van der Waals surface area contributed by atoms with Crippen molar-refractivity contribution in [1.29, 1.82) is 0 Å². The molecule has 0 bridgehead atoms. The smallest absolute Gasteiger partial charge is 0.303 e. The summed E-state index contributed by atoms with van der Waals surface area (Å²) in [5.74, 6) is -1.38. The Bertz CT molecular complexity index is 887. The number of hydrogen-bond acceptors (Lipinski definition) is 13. The van der Waals surface area contributed by atoms with Gasteiger partial charge in [-0.15, -0.1) is 0 Å². The van der Waals surface area contributed by atoms with Gasteiger partial charge in [0.05, 0.1) is 12.7 Å². The highest BCUT2D eigenvalue weighted by Gasteiger charge is 2.51. The number of carboxylic acid groups (broad SMARTS) is 1. The summed E-state index contributed by atoms with van der Waals surface area (Å²) in [7, 11) is 0. The third-order valence-corrected chi connectivity index (χ3v) is 8.26. The molecule has 2 fully saturated rings. The molecule has 2 heterocycles. The van der Waals surface area contributed by atoms with Crippen LogP contribution in [0, 0.1) is 0 Å². The second-order valence-corrected chi connectivity index (χ2v) is 12.2. The van der Waals surface area contributed by atoms with Gasteiger partial charge < -0.3 is 59.4 Å². The lowest BCUT2D eigenvalue weighted by Crippen LogP contribution is -2.65. The molecule has 1 unspecified atom stereocenters. The number of hydrogen-bond donors (Lipinski definition) is 7. The quantitative estimate of drug-likeness (QED) is 0.0493. The lowest BCUT2D eigenvalue weighted by Gasteiger charge is -2.46. The Balaban J connectivity index is 1.76. The highest BCUT2D eigenvalue weighted by atomic mass is 16.8. The molecule has 2 saturated heterocycles. The molecule has 14 heteroatoms. The predicted molar refractivity (Wildman–Crippen MR) is 163 cm³/mol. The summed E-state index contributed by atoms with van der Waals surface area (Å²) in [5.41, 5.74) is 0. The van der Waals surface area contributed by atoms with E-state index in [1.807, 2.05) is 6.92 Å². The number of aliphatic hydroxyl groups excluding tert-OH is 6. The van der Waals surface area contributed by atoms with Gasteiger partial charge in [0.15, 0.2) is 12.6 Å². The van der Waals surface area contributed by atoms with Gasteiger partial charge in [-0.05, 0) is 45.4 Å². The van der Waals surface area contributed by atoms with Crippen LogP contribution in [0.1, 0.15) is 97.3 Å². The lowest BCUT2D eigenvalue weighted by molar-refractivity contribution is -0.371. The molecule has 0 aliphatic carbocycles. The average Bonchev–Trinajstić information content (AvgIpc) is 3.01. The SMILES string of the molecule is CC(=O)OC[C@H]1O[C@@H](O[C@H]2[C@H](OC(C)CCCCCC/C=C\CCCCCCCC(=O)O)O[C@H](CO)[C@@H](O)[C@@H]2O)[C@H](O)[C@@H](O)[C@@H]1O. The van der Waals surface area contributed by atoms with Gasteiger partial charge in [-0.3, -0.25) is 9.59 Å². The molecule has 11 atom stereocenters. The molecule has 2 aliphatic rings. The number of unbranched alkanes of at least 4 members (excludes halogenated alkanes) is 9. The molecule has 0 aromatic carbocycles. The normalized spacial score (nSPS) is 32.4. The molecule has 46 heavy (non-hydrogen) atoms. The van der Waals surface area contributed by atoms with E-state index in [1.54, 1.807) is 0 Å². The Labute approximate surface area is 271 Å². The zero-order valence-corrected chi connectivity index (χ0v) is 27.1. The number of ether oxygens (including phenoxy) is 5. The fraction of sp³-hybridized carbons (Fsp3) is 0.875. The van der Waals surface area contributed by atoms with Crippen LogP contribution in [0.4, 0.5) is 0 Å². The van der Waals surface area contributed by atoms with Crippen LogP contribution in [0.25, 0.3) is 0 Å². The summed E-state index contributed by atoms with van der Waals surface area (Å²) in [4.78, 5) is 21.7. The standard InChI is InChI=1S/C32H56O14/c1-20(16-14-12-10-8-6-4-3-5-7-9-11-13-15-17-24(35)36)43-32-30(28(40)25(37)22(18-33)44-32)46-31-29(41)27(39)26(38)23(45-31)19-42-21(2)34/h3-4,20,22-23,25-33,37-41H,5-19H2,1-2H3,(H,35,36)/b4-3-/t20?,22-,23-,25-,26-,27+,28+,29-,30-,31+,32-/m1/s1. The molecule has 268 valence electrons. The second kappa shape index (κ2) is 22.0. The van der Waals surface area contributed by atoms with Gasteiger partial charge in [0.1, 0.15) is 55.4 Å². The van der Waals surface area contributed by atoms with Crippen LogP contribution in [0.3, 0.4) is 0 Å². The minimum atomic E-state index is -1.75. The van der Waals surface area contributed by atoms with E-state index in [9.17, 15) is 40.2 Å². The van der Waals surface area contributed by atoms with Crippen molar-refractivity contribution in [3.8, 4) is 0 Å². The first kappa shape index (κ1) is 40.5. The molecule has 2 rings (SSSR count). The largest absolute Gasteiger partial charge is 0.481 e. The Hall–Kier alpha value is -1.72. The number of esters is 1. The maximum absolute atomic E-state index is 11.2. The number of carbonyl (C=O) groups is 2. The number of aliphatic carboxylic acids is 1. The van der Waals surface area contributed by atoms with Crippen molar-refractivity contribution in [2.24, 2.45) is 0 Å². The number of aliphatic hydroxyl groups is 6. The van der Waals surface area contributed by atoms with Crippen LogP contribution < -0.4 is 0 Å². The van der Waals surface area contributed by atoms with Gasteiger partial charge in [0, 0.05) is 13.3 Å². The number of carboxylic acids is 1. The van der Waals surface area contributed by atoms with Crippen LogP contribution >= 0.6 is 0 Å². The van der Waals surface area contributed by atoms with Crippen LogP contribution in [0.2, 0.25) is 0 Å². The fourth-order valence-corrected chi connectivity index (χ4v) is 5.48. The summed E-state index contributed by atoms with van der Waals surface area (Å²) in [6.07, 6.45) is 1.06. The number of rotatable bonds is 22. The van der Waals surface area contributed by atoms with Crippen molar-refractivity contribution in [3.63, 3.8) is 0 Å². The maximum atomic E-state index is 11.2. The zero-order chi connectivity index (χ0) is 34.1. The number of allylic oxidation sites excluding steroid dienone is 2. The van der Waals surface area contributed by atoms with E-state index in [-0.39, 0.29) is 12.5 Å². The first-order valence-corrected chi connectivity index (χ1v) is 16.6. The van der Waals surface area contributed by atoms with Gasteiger partial charge in [0.2, 0.25) is 0 Å². The summed E-state index contributed by atoms with van der Waals surface area (Å²) in [5, 5.41) is 70.7. The highest BCUT2D eigenvalue weighted by molar-refractivity contribution is 5.66. The monoisotopic (exact) mass is 664 g/mol. The molecule has 0 aromatic heterocycles. The molecule has 7 N–H and O–H groups in total. The lowest BCUT2D eigenvalue weighted by atomic mass is 9.97. The third-order valence-electron chi connectivity index (χ3n) is 8.26. The van der Waals surface area contributed by atoms with E-state index in [0.29, 0.717) is 6.42 Å². The zero-order valence-electron chi connectivity index (χ0n) is 27.1. The van der Waals surface area contributed by atoms with Gasteiger partial charge in [-0.1, -0.05) is 50.7 Å². The fourth-order valence-electron chi connectivity index (χ4n) is 5.48. The molecule has 0 radical (unpaired) electrons. The molecule has 0 amide bonds. The van der Waals surface area contributed by atoms with Crippen LogP contribution in [0.15, 0.2) is 12.2 Å². The highest BCUT2D eigenvalue weighted by Crippen LogP contribution is 2.31. The topological polar surface area (TPSA) is 222 Å². The van der Waals surface area contributed by atoms with Gasteiger partial charge in [0.25, 0.3) is 0 Å².